The maximum absolute atomic E-state index is 11.4. The zero-order valence-electron chi connectivity index (χ0n) is 11.8. The van der Waals surface area contributed by atoms with E-state index < -0.39 is 22.0 Å². The van der Waals surface area contributed by atoms with Crippen molar-refractivity contribution in [2.24, 2.45) is 0 Å². The van der Waals surface area contributed by atoms with Crippen LogP contribution in [0.2, 0.25) is 0 Å². The van der Waals surface area contributed by atoms with Crippen LogP contribution in [0.3, 0.4) is 0 Å². The molecule has 0 unspecified atom stereocenters. The summed E-state index contributed by atoms with van der Waals surface area (Å²) in [5.41, 5.74) is 0.913. The molecule has 0 fully saturated rings. The normalized spacial score (nSPS) is 10.6. The van der Waals surface area contributed by atoms with Crippen molar-refractivity contribution in [3.63, 3.8) is 0 Å². The van der Waals surface area contributed by atoms with Crippen LogP contribution in [0.25, 0.3) is 0 Å². The minimum absolute atomic E-state index is 0.145. The lowest BCUT2D eigenvalue weighted by atomic mass is 10.3. The minimum atomic E-state index is -3.06. The number of hydrogen-bond donors (Lipinski definition) is 2. The number of hydrogen-bond acceptors (Lipinski definition) is 5. The summed E-state index contributed by atoms with van der Waals surface area (Å²) in [6.07, 6.45) is 2.36. The topological polar surface area (TPSA) is 125 Å². The third-order valence-electron chi connectivity index (χ3n) is 2.43. The highest BCUT2D eigenvalue weighted by Gasteiger charge is 2.14. The van der Waals surface area contributed by atoms with Gasteiger partial charge in [0.1, 0.15) is 0 Å². The summed E-state index contributed by atoms with van der Waals surface area (Å²) in [4.78, 5) is 22.3. The van der Waals surface area contributed by atoms with Crippen molar-refractivity contribution in [2.45, 2.75) is 13.3 Å². The molecule has 9 heteroatoms. The molecule has 0 aliphatic rings. The number of carbonyl (C=O) groups is 2. The molecule has 0 spiro atoms. The first-order valence-electron chi connectivity index (χ1n) is 6.00. The number of aromatic nitrogens is 1. The number of aliphatic carboxylic acids is 2. The summed E-state index contributed by atoms with van der Waals surface area (Å²) >= 11 is 0. The van der Waals surface area contributed by atoms with Crippen molar-refractivity contribution in [3.05, 3.63) is 30.1 Å². The van der Waals surface area contributed by atoms with Crippen LogP contribution < -0.4 is 0 Å². The molecule has 0 radical (unpaired) electrons. The van der Waals surface area contributed by atoms with E-state index in [1.54, 1.807) is 20.2 Å². The van der Waals surface area contributed by atoms with E-state index in [0.29, 0.717) is 13.0 Å². The Labute approximate surface area is 123 Å². The number of carboxylic acids is 2. The molecule has 1 aromatic heterocycles. The van der Waals surface area contributed by atoms with Gasteiger partial charge in [-0.15, -0.1) is 0 Å². The number of likely N-dealkylation sites (N-methyl/N-ethyl adjacent to an activating group) is 1. The summed E-state index contributed by atoms with van der Waals surface area (Å²) in [6.45, 7) is 2.12. The van der Waals surface area contributed by atoms with Crippen LogP contribution in [0.1, 0.15) is 12.6 Å². The van der Waals surface area contributed by atoms with E-state index >= 15 is 0 Å². The molecule has 118 valence electrons. The molecule has 0 aliphatic heterocycles. The molecule has 1 heterocycles. The first-order valence-corrected chi connectivity index (χ1v) is 7.61. The van der Waals surface area contributed by atoms with Gasteiger partial charge in [0.2, 0.25) is 10.0 Å². The second kappa shape index (κ2) is 9.03. The Morgan fingerprint density at radius 1 is 1.24 bits per heavy atom. The third kappa shape index (κ3) is 8.00. The second-order valence-electron chi connectivity index (χ2n) is 3.90. The lowest BCUT2D eigenvalue weighted by Crippen LogP contribution is -2.30. The summed E-state index contributed by atoms with van der Waals surface area (Å²) < 4.78 is 24.2. The van der Waals surface area contributed by atoms with Gasteiger partial charge in [0.25, 0.3) is 0 Å². The van der Waals surface area contributed by atoms with E-state index in [1.807, 2.05) is 18.2 Å². The van der Waals surface area contributed by atoms with Crippen LogP contribution >= 0.6 is 0 Å². The molecule has 0 aliphatic carbocycles. The van der Waals surface area contributed by atoms with Gasteiger partial charge in [-0.3, -0.25) is 4.98 Å². The predicted octanol–water partition coefficient (Wildman–Crippen LogP) is 0.0612. The van der Waals surface area contributed by atoms with E-state index in [2.05, 4.69) is 4.98 Å². The molecule has 21 heavy (non-hydrogen) atoms. The van der Waals surface area contributed by atoms with Crippen LogP contribution in [-0.4, -0.2) is 59.2 Å². The zero-order valence-corrected chi connectivity index (χ0v) is 12.6. The van der Waals surface area contributed by atoms with Gasteiger partial charge >= 0.3 is 11.9 Å². The van der Waals surface area contributed by atoms with Gasteiger partial charge in [-0.25, -0.2) is 22.3 Å². The number of nitrogens with zero attached hydrogens (tertiary/aromatic N) is 2. The largest absolute Gasteiger partial charge is 0.473 e. The van der Waals surface area contributed by atoms with Crippen LogP contribution in [0, 0.1) is 0 Å². The third-order valence-corrected chi connectivity index (χ3v) is 4.29. The Kier molecular flexibility index (Phi) is 8.17. The zero-order chi connectivity index (χ0) is 16.5. The molecule has 1 aromatic rings. The number of pyridine rings is 1. The SMILES string of the molecule is CCS(=O)(=O)N(C)CCc1ccccn1.O=C(O)C(=O)O. The van der Waals surface area contributed by atoms with E-state index in [9.17, 15) is 8.42 Å². The molecule has 1 rings (SSSR count). The standard InChI is InChI=1S/C10H16N2O2S.C2H2O4/c1-3-15(13,14)12(2)9-7-10-6-4-5-8-11-10;3-1(4)2(5)6/h4-6,8H,3,7,9H2,1-2H3;(H,3,4)(H,5,6). The lowest BCUT2D eigenvalue weighted by molar-refractivity contribution is -0.159. The van der Waals surface area contributed by atoms with Crippen molar-refractivity contribution < 1.29 is 28.2 Å². The van der Waals surface area contributed by atoms with Crippen LogP contribution in [-0.2, 0) is 26.0 Å². The average Bonchev–Trinajstić information content (AvgIpc) is 2.46. The quantitative estimate of drug-likeness (QED) is 0.735. The number of sulfonamides is 1. The highest BCUT2D eigenvalue weighted by atomic mass is 32.2. The Morgan fingerprint density at radius 3 is 2.19 bits per heavy atom. The lowest BCUT2D eigenvalue weighted by Gasteiger charge is -2.15. The Balaban J connectivity index is 0.000000567. The van der Waals surface area contributed by atoms with Gasteiger partial charge in [-0.1, -0.05) is 6.07 Å². The van der Waals surface area contributed by atoms with Crippen molar-refractivity contribution in [3.8, 4) is 0 Å². The first kappa shape index (κ1) is 19.0. The van der Waals surface area contributed by atoms with Gasteiger partial charge in [-0.05, 0) is 19.1 Å². The summed E-state index contributed by atoms with van der Waals surface area (Å²) in [6, 6.07) is 5.64. The monoisotopic (exact) mass is 318 g/mol. The molecule has 0 bridgehead atoms. The van der Waals surface area contributed by atoms with Crippen molar-refractivity contribution in [2.75, 3.05) is 19.3 Å². The van der Waals surface area contributed by atoms with Gasteiger partial charge in [0.05, 0.1) is 5.75 Å². The van der Waals surface area contributed by atoms with Crippen LogP contribution in [0.5, 0.6) is 0 Å². The second-order valence-corrected chi connectivity index (χ2v) is 6.27. The minimum Gasteiger partial charge on any atom is -0.473 e. The smallest absolute Gasteiger partial charge is 0.414 e. The molecule has 0 saturated heterocycles. The molecule has 0 amide bonds. The summed E-state index contributed by atoms with van der Waals surface area (Å²) in [5, 5.41) is 14.8. The molecular weight excluding hydrogens is 300 g/mol. The number of carboxylic acid groups (broad SMARTS) is 2. The first-order chi connectivity index (χ1) is 9.70. The fourth-order valence-corrected chi connectivity index (χ4v) is 1.99. The van der Waals surface area contributed by atoms with Crippen molar-refractivity contribution >= 4 is 22.0 Å². The van der Waals surface area contributed by atoms with E-state index in [-0.39, 0.29) is 5.75 Å². The van der Waals surface area contributed by atoms with Gasteiger partial charge in [0, 0.05) is 31.9 Å². The fraction of sp³-hybridized carbons (Fsp3) is 0.417. The van der Waals surface area contributed by atoms with Gasteiger partial charge < -0.3 is 10.2 Å². The maximum Gasteiger partial charge on any atom is 0.414 e. The van der Waals surface area contributed by atoms with Crippen molar-refractivity contribution in [1.29, 1.82) is 0 Å². The van der Waals surface area contributed by atoms with Crippen LogP contribution in [0.15, 0.2) is 24.4 Å². The van der Waals surface area contributed by atoms with Gasteiger partial charge in [-0.2, -0.15) is 0 Å². The molecule has 2 N–H and O–H groups in total. The molecular formula is C12H18N2O6S. The highest BCUT2D eigenvalue weighted by molar-refractivity contribution is 7.89. The predicted molar refractivity (Wildman–Crippen MR) is 75.3 cm³/mol. The molecule has 8 nitrogen and oxygen atoms in total. The number of rotatable bonds is 5. The Morgan fingerprint density at radius 2 is 1.81 bits per heavy atom. The van der Waals surface area contributed by atoms with Crippen LogP contribution in [0.4, 0.5) is 0 Å². The van der Waals surface area contributed by atoms with Gasteiger partial charge in [0.15, 0.2) is 0 Å². The maximum atomic E-state index is 11.4. The fourth-order valence-electron chi connectivity index (χ4n) is 1.18. The molecule has 0 saturated carbocycles. The Bertz CT molecular complexity index is 546. The average molecular weight is 318 g/mol. The van der Waals surface area contributed by atoms with E-state index in [0.717, 1.165) is 5.69 Å². The molecule has 0 aromatic carbocycles. The summed E-state index contributed by atoms with van der Waals surface area (Å²) in [7, 11) is -1.46. The highest BCUT2D eigenvalue weighted by Crippen LogP contribution is 2.01. The molecule has 0 atom stereocenters. The Hall–Kier alpha value is -2.00. The van der Waals surface area contributed by atoms with E-state index in [4.69, 9.17) is 19.8 Å². The summed E-state index contributed by atoms with van der Waals surface area (Å²) in [5.74, 6) is -3.50. The van der Waals surface area contributed by atoms with E-state index in [1.165, 1.54) is 4.31 Å². The van der Waals surface area contributed by atoms with Crippen molar-refractivity contribution in [1.82, 2.24) is 9.29 Å².